The van der Waals surface area contributed by atoms with Crippen LogP contribution in [-0.2, 0) is 11.3 Å². The van der Waals surface area contributed by atoms with Crippen molar-refractivity contribution in [2.45, 2.75) is 25.3 Å². The van der Waals surface area contributed by atoms with Crippen LogP contribution in [0.4, 0.5) is 9.18 Å². The number of aromatic nitrogens is 2. The van der Waals surface area contributed by atoms with E-state index >= 15 is 0 Å². The van der Waals surface area contributed by atoms with Crippen LogP contribution in [0.25, 0.3) is 11.0 Å². The van der Waals surface area contributed by atoms with Gasteiger partial charge in [-0.05, 0) is 42.7 Å². The lowest BCUT2D eigenvalue weighted by molar-refractivity contribution is -0.131. The van der Waals surface area contributed by atoms with Crippen LogP contribution in [0, 0.1) is 5.82 Å². The summed E-state index contributed by atoms with van der Waals surface area (Å²) in [6.45, 7) is 1.49. The number of likely N-dealkylation sites (tertiary alicyclic amines) is 1. The number of halogens is 1. The Bertz CT molecular complexity index is 992. The van der Waals surface area contributed by atoms with Crippen molar-refractivity contribution in [3.63, 3.8) is 0 Å². The lowest BCUT2D eigenvalue weighted by Crippen LogP contribution is -2.46. The molecule has 4 rings (SSSR count). The van der Waals surface area contributed by atoms with Crippen molar-refractivity contribution in [2.24, 2.45) is 0 Å². The molecule has 1 aliphatic rings. The molecule has 2 aromatic carbocycles. The third-order valence-electron chi connectivity index (χ3n) is 5.41. The summed E-state index contributed by atoms with van der Waals surface area (Å²) in [5, 5.41) is 5.25. The van der Waals surface area contributed by atoms with Gasteiger partial charge in [-0.2, -0.15) is 0 Å². The maximum absolute atomic E-state index is 12.9. The summed E-state index contributed by atoms with van der Waals surface area (Å²) in [7, 11) is 0. The average Bonchev–Trinajstić information content (AvgIpc) is 3.21. The van der Waals surface area contributed by atoms with Crippen LogP contribution in [0.3, 0.4) is 0 Å². The van der Waals surface area contributed by atoms with E-state index in [4.69, 9.17) is 0 Å². The number of carbonyl (C=O) groups is 2. The summed E-state index contributed by atoms with van der Waals surface area (Å²) in [5.41, 5.74) is 2.77. The molecule has 1 aromatic heterocycles. The highest BCUT2D eigenvalue weighted by Gasteiger charge is 2.25. The number of fused-ring (bicyclic) bond motifs is 1. The number of para-hydroxylation sites is 2. The number of piperidine rings is 1. The van der Waals surface area contributed by atoms with E-state index in [0.29, 0.717) is 19.0 Å². The molecule has 0 bridgehead atoms. The second-order valence-corrected chi connectivity index (χ2v) is 7.46. The molecular formula is C22H24FN5O2. The van der Waals surface area contributed by atoms with Crippen molar-refractivity contribution < 1.29 is 14.0 Å². The molecule has 30 heavy (non-hydrogen) atoms. The van der Waals surface area contributed by atoms with E-state index in [1.807, 2.05) is 24.3 Å². The minimum atomic E-state index is -0.426. The summed E-state index contributed by atoms with van der Waals surface area (Å²) < 4.78 is 12.9. The second-order valence-electron chi connectivity index (χ2n) is 7.46. The van der Waals surface area contributed by atoms with Gasteiger partial charge in [-0.15, -0.1) is 0 Å². The molecule has 0 spiro atoms. The molecule has 0 radical (unpaired) electrons. The predicted molar refractivity (Wildman–Crippen MR) is 111 cm³/mol. The van der Waals surface area contributed by atoms with Gasteiger partial charge in [0.2, 0.25) is 5.91 Å². The topological polar surface area (TPSA) is 90.1 Å². The van der Waals surface area contributed by atoms with Gasteiger partial charge >= 0.3 is 6.03 Å². The van der Waals surface area contributed by atoms with Crippen molar-refractivity contribution in [3.05, 3.63) is 65.7 Å². The Morgan fingerprint density at radius 3 is 2.53 bits per heavy atom. The Balaban J connectivity index is 1.20. The number of nitrogens with zero attached hydrogens (tertiary/aromatic N) is 2. The van der Waals surface area contributed by atoms with Crippen LogP contribution < -0.4 is 10.6 Å². The smallest absolute Gasteiger partial charge is 0.315 e. The molecular weight excluding hydrogens is 385 g/mol. The molecule has 0 unspecified atom stereocenters. The Kier molecular flexibility index (Phi) is 5.92. The first-order chi connectivity index (χ1) is 14.6. The van der Waals surface area contributed by atoms with Gasteiger partial charge in [0.05, 0.1) is 17.6 Å². The highest BCUT2D eigenvalue weighted by Crippen LogP contribution is 2.27. The van der Waals surface area contributed by atoms with Gasteiger partial charge < -0.3 is 20.5 Å². The van der Waals surface area contributed by atoms with E-state index in [2.05, 4.69) is 20.6 Å². The van der Waals surface area contributed by atoms with Crippen molar-refractivity contribution >= 4 is 23.0 Å². The van der Waals surface area contributed by atoms with E-state index in [-0.39, 0.29) is 24.8 Å². The van der Waals surface area contributed by atoms with E-state index in [9.17, 15) is 14.0 Å². The molecule has 3 N–H and O–H groups in total. The molecule has 156 valence electrons. The summed E-state index contributed by atoms with van der Waals surface area (Å²) in [4.78, 5) is 34.2. The summed E-state index contributed by atoms with van der Waals surface area (Å²) >= 11 is 0. The molecule has 2 heterocycles. The Labute approximate surface area is 173 Å². The van der Waals surface area contributed by atoms with Gasteiger partial charge in [0.1, 0.15) is 11.6 Å². The number of urea groups is 1. The van der Waals surface area contributed by atoms with Crippen LogP contribution in [0.15, 0.2) is 48.5 Å². The van der Waals surface area contributed by atoms with Crippen LogP contribution in [-0.4, -0.2) is 46.4 Å². The lowest BCUT2D eigenvalue weighted by atomic mass is 9.96. The molecule has 1 aliphatic heterocycles. The van der Waals surface area contributed by atoms with E-state index < -0.39 is 6.03 Å². The molecule has 8 heteroatoms. The van der Waals surface area contributed by atoms with Gasteiger partial charge in [0.25, 0.3) is 0 Å². The predicted octanol–water partition coefficient (Wildman–Crippen LogP) is 2.91. The number of benzene rings is 2. The third kappa shape index (κ3) is 4.76. The first-order valence-electron chi connectivity index (χ1n) is 10.1. The van der Waals surface area contributed by atoms with Crippen LogP contribution in [0.5, 0.6) is 0 Å². The highest BCUT2D eigenvalue weighted by atomic mass is 19.1. The first kappa shape index (κ1) is 19.9. The lowest BCUT2D eigenvalue weighted by Gasteiger charge is -2.31. The fraction of sp³-hybridized carbons (Fsp3) is 0.318. The number of hydrogen-bond donors (Lipinski definition) is 3. The maximum Gasteiger partial charge on any atom is 0.315 e. The van der Waals surface area contributed by atoms with E-state index in [0.717, 1.165) is 35.3 Å². The van der Waals surface area contributed by atoms with Crippen molar-refractivity contribution in [1.82, 2.24) is 25.5 Å². The Morgan fingerprint density at radius 2 is 1.80 bits per heavy atom. The third-order valence-corrected chi connectivity index (χ3v) is 5.41. The van der Waals surface area contributed by atoms with Gasteiger partial charge in [-0.3, -0.25) is 4.79 Å². The number of amides is 3. The van der Waals surface area contributed by atoms with Gasteiger partial charge in [0, 0.05) is 25.6 Å². The van der Waals surface area contributed by atoms with Crippen molar-refractivity contribution in [2.75, 3.05) is 19.6 Å². The maximum atomic E-state index is 12.9. The van der Waals surface area contributed by atoms with E-state index in [1.165, 1.54) is 12.1 Å². The second kappa shape index (κ2) is 8.94. The van der Waals surface area contributed by atoms with E-state index in [1.54, 1.807) is 17.0 Å². The Hall–Kier alpha value is -3.42. The largest absolute Gasteiger partial charge is 0.342 e. The fourth-order valence-electron chi connectivity index (χ4n) is 3.68. The van der Waals surface area contributed by atoms with Gasteiger partial charge in [0.15, 0.2) is 0 Å². The van der Waals surface area contributed by atoms with Crippen LogP contribution in [0.2, 0.25) is 0 Å². The zero-order chi connectivity index (χ0) is 20.9. The zero-order valence-electron chi connectivity index (χ0n) is 16.5. The molecule has 0 atom stereocenters. The summed E-state index contributed by atoms with van der Waals surface area (Å²) in [6, 6.07) is 13.4. The number of H-pyrrole nitrogens is 1. The molecule has 1 saturated heterocycles. The van der Waals surface area contributed by atoms with Crippen LogP contribution >= 0.6 is 0 Å². The normalized spacial score (nSPS) is 14.6. The molecule has 7 nitrogen and oxygen atoms in total. The fourth-order valence-corrected chi connectivity index (χ4v) is 3.68. The molecule has 3 amide bonds. The minimum Gasteiger partial charge on any atom is -0.342 e. The van der Waals surface area contributed by atoms with Crippen molar-refractivity contribution in [3.8, 4) is 0 Å². The summed E-state index contributed by atoms with van der Waals surface area (Å²) in [5.74, 6) is 0.850. The molecule has 0 aliphatic carbocycles. The molecule has 1 fully saturated rings. The van der Waals surface area contributed by atoms with Crippen molar-refractivity contribution in [1.29, 1.82) is 0 Å². The number of rotatable bonds is 5. The number of hydrogen-bond acceptors (Lipinski definition) is 3. The Morgan fingerprint density at radius 1 is 1.07 bits per heavy atom. The zero-order valence-corrected chi connectivity index (χ0v) is 16.5. The monoisotopic (exact) mass is 409 g/mol. The standard InChI is InChI=1S/C22H24FN5O2/c23-17-7-5-15(6-8-17)13-24-22(30)25-14-20(29)28-11-9-16(10-12-28)21-26-18-3-1-2-4-19(18)27-21/h1-8,16H,9-14H2,(H,26,27)(H2,24,25,30). The van der Waals surface area contributed by atoms with Crippen LogP contribution in [0.1, 0.15) is 30.1 Å². The van der Waals surface area contributed by atoms with Gasteiger partial charge in [-0.25, -0.2) is 14.2 Å². The minimum absolute atomic E-state index is 0.0510. The first-order valence-corrected chi connectivity index (χ1v) is 10.1. The SMILES string of the molecule is O=C(NCC(=O)N1CCC(c2nc3ccccc3[nH]2)CC1)NCc1ccc(F)cc1. The molecule has 3 aromatic rings. The summed E-state index contributed by atoms with van der Waals surface area (Å²) in [6.07, 6.45) is 1.67. The number of carbonyl (C=O) groups excluding carboxylic acids is 2. The number of nitrogens with one attached hydrogen (secondary N) is 3. The average molecular weight is 409 g/mol. The van der Waals surface area contributed by atoms with Gasteiger partial charge in [-0.1, -0.05) is 24.3 Å². The molecule has 0 saturated carbocycles. The quantitative estimate of drug-likeness (QED) is 0.605. The number of imidazole rings is 1. The number of aromatic amines is 1. The highest BCUT2D eigenvalue weighted by molar-refractivity contribution is 5.84.